The van der Waals surface area contributed by atoms with Crippen molar-refractivity contribution >= 4 is 23.4 Å². The highest BCUT2D eigenvalue weighted by atomic mass is 35.5. The summed E-state index contributed by atoms with van der Waals surface area (Å²) in [4.78, 5) is 30.0. The van der Waals surface area contributed by atoms with Crippen LogP contribution in [0.2, 0.25) is 5.02 Å². The second-order valence-electron chi connectivity index (χ2n) is 7.09. The van der Waals surface area contributed by atoms with Gasteiger partial charge in [-0.15, -0.1) is 0 Å². The summed E-state index contributed by atoms with van der Waals surface area (Å²) in [6.45, 7) is 5.41. The smallest absolute Gasteiger partial charge is 0.272 e. The van der Waals surface area contributed by atoms with Gasteiger partial charge in [0.05, 0.1) is 18.2 Å². The zero-order chi connectivity index (χ0) is 21.7. The summed E-state index contributed by atoms with van der Waals surface area (Å²) in [5.41, 5.74) is 3.21. The van der Waals surface area contributed by atoms with Crippen molar-refractivity contribution < 1.29 is 19.1 Å². The largest absolute Gasteiger partial charge is 0.486 e. The van der Waals surface area contributed by atoms with Crippen molar-refractivity contribution in [3.63, 3.8) is 0 Å². The van der Waals surface area contributed by atoms with Gasteiger partial charge in [-0.1, -0.05) is 23.7 Å². The predicted octanol–water partition coefficient (Wildman–Crippen LogP) is 2.95. The summed E-state index contributed by atoms with van der Waals surface area (Å²) in [6.07, 6.45) is 2.16. The molecule has 2 heterocycles. The van der Waals surface area contributed by atoms with E-state index >= 15 is 0 Å². The highest BCUT2D eigenvalue weighted by Crippen LogP contribution is 2.41. The molecule has 2 amide bonds. The molecule has 0 bridgehead atoms. The highest BCUT2D eigenvalue weighted by Gasteiger charge is 2.28. The van der Waals surface area contributed by atoms with Gasteiger partial charge in [0.2, 0.25) is 5.91 Å². The van der Waals surface area contributed by atoms with E-state index in [2.05, 4.69) is 10.3 Å². The Kier molecular flexibility index (Phi) is 7.29. The molecule has 1 aromatic heterocycles. The number of benzene rings is 1. The van der Waals surface area contributed by atoms with E-state index in [9.17, 15) is 9.59 Å². The first-order valence-corrected chi connectivity index (χ1v) is 10.3. The molecular formula is C22H26ClN3O4. The molecule has 0 saturated carbocycles. The summed E-state index contributed by atoms with van der Waals surface area (Å²) in [7, 11) is 1.61. The lowest BCUT2D eigenvalue weighted by Crippen LogP contribution is -2.34. The Morgan fingerprint density at radius 1 is 1.33 bits per heavy atom. The molecule has 1 aliphatic rings. The van der Waals surface area contributed by atoms with Gasteiger partial charge in [-0.25, -0.2) is 0 Å². The zero-order valence-corrected chi connectivity index (χ0v) is 18.2. The molecule has 8 heteroatoms. The van der Waals surface area contributed by atoms with Crippen LogP contribution in [0, 0.1) is 0 Å². The molecule has 160 valence electrons. The lowest BCUT2D eigenvalue weighted by Gasteiger charge is -2.20. The van der Waals surface area contributed by atoms with E-state index in [0.717, 1.165) is 16.7 Å². The number of hydrogen-bond donors (Lipinski definition) is 1. The predicted molar refractivity (Wildman–Crippen MR) is 115 cm³/mol. The van der Waals surface area contributed by atoms with E-state index in [1.165, 1.54) is 6.92 Å². The highest BCUT2D eigenvalue weighted by molar-refractivity contribution is 6.32. The van der Waals surface area contributed by atoms with Crippen LogP contribution in [-0.4, -0.2) is 61.2 Å². The Hall–Kier alpha value is -2.64. The van der Waals surface area contributed by atoms with Gasteiger partial charge in [-0.2, -0.15) is 0 Å². The van der Waals surface area contributed by atoms with Gasteiger partial charge in [0.15, 0.2) is 0 Å². The maximum Gasteiger partial charge on any atom is 0.272 e. The van der Waals surface area contributed by atoms with Crippen molar-refractivity contribution in [2.24, 2.45) is 0 Å². The van der Waals surface area contributed by atoms with Crippen molar-refractivity contribution in [3.8, 4) is 16.9 Å². The number of carbonyl (C=O) groups is 2. The first-order valence-electron chi connectivity index (χ1n) is 9.91. The number of methoxy groups -OCH3 is 1. The molecule has 1 unspecified atom stereocenters. The van der Waals surface area contributed by atoms with Crippen LogP contribution in [0.25, 0.3) is 11.1 Å². The third-order valence-electron chi connectivity index (χ3n) is 5.04. The first kappa shape index (κ1) is 22.1. The summed E-state index contributed by atoms with van der Waals surface area (Å²) in [5.74, 6) is 0.416. The fourth-order valence-corrected chi connectivity index (χ4v) is 3.68. The number of aromatic nitrogens is 1. The van der Waals surface area contributed by atoms with Crippen molar-refractivity contribution in [2.45, 2.75) is 26.4 Å². The summed E-state index contributed by atoms with van der Waals surface area (Å²) >= 11 is 6.33. The normalized spacial score (nSPS) is 14.7. The van der Waals surface area contributed by atoms with Crippen LogP contribution in [0.4, 0.5) is 0 Å². The molecule has 7 nitrogen and oxygen atoms in total. The minimum Gasteiger partial charge on any atom is -0.486 e. The van der Waals surface area contributed by atoms with E-state index < -0.39 is 0 Å². The molecular weight excluding hydrogens is 406 g/mol. The van der Waals surface area contributed by atoms with Crippen molar-refractivity contribution in [2.75, 3.05) is 33.4 Å². The molecule has 0 fully saturated rings. The number of halogens is 1. The number of carbonyl (C=O) groups excluding carboxylic acids is 2. The number of nitrogens with zero attached hydrogens (tertiary/aromatic N) is 2. The van der Waals surface area contributed by atoms with Crippen LogP contribution in [0.15, 0.2) is 30.5 Å². The Morgan fingerprint density at radius 2 is 2.13 bits per heavy atom. The second kappa shape index (κ2) is 9.91. The molecule has 3 rings (SSSR count). The maximum atomic E-state index is 12.7. The first-order chi connectivity index (χ1) is 14.4. The van der Waals surface area contributed by atoms with Gasteiger partial charge < -0.3 is 19.7 Å². The van der Waals surface area contributed by atoms with Gasteiger partial charge >= 0.3 is 0 Å². The Balaban J connectivity index is 1.80. The van der Waals surface area contributed by atoms with E-state index in [-0.39, 0.29) is 17.9 Å². The molecule has 0 radical (unpaired) electrons. The lowest BCUT2D eigenvalue weighted by molar-refractivity contribution is -0.119. The van der Waals surface area contributed by atoms with E-state index in [4.69, 9.17) is 21.1 Å². The molecule has 1 N–H and O–H groups in total. The summed E-state index contributed by atoms with van der Waals surface area (Å²) < 4.78 is 11.0. The number of amides is 2. The zero-order valence-electron chi connectivity index (χ0n) is 17.4. The summed E-state index contributed by atoms with van der Waals surface area (Å²) in [6, 6.07) is 7.34. The lowest BCUT2D eigenvalue weighted by atomic mass is 9.97. The quantitative estimate of drug-likeness (QED) is 0.695. The molecule has 1 atom stereocenters. The van der Waals surface area contributed by atoms with E-state index in [1.54, 1.807) is 30.3 Å². The number of likely N-dealkylation sites (N-methyl/N-ethyl adjacent to an activating group) is 1. The average molecular weight is 432 g/mol. The number of ether oxygens (including phenoxy) is 2. The average Bonchev–Trinajstić information content (AvgIpc) is 3.18. The second-order valence-corrected chi connectivity index (χ2v) is 7.50. The van der Waals surface area contributed by atoms with Crippen molar-refractivity contribution in [1.82, 2.24) is 15.2 Å². The molecule has 1 aliphatic heterocycles. The van der Waals surface area contributed by atoms with Gasteiger partial charge in [-0.3, -0.25) is 14.6 Å². The van der Waals surface area contributed by atoms with Crippen molar-refractivity contribution in [3.05, 3.63) is 46.7 Å². The van der Waals surface area contributed by atoms with Crippen LogP contribution < -0.4 is 10.1 Å². The van der Waals surface area contributed by atoms with Gasteiger partial charge in [0.1, 0.15) is 17.5 Å². The molecule has 0 saturated heterocycles. The monoisotopic (exact) mass is 431 g/mol. The number of nitrogens with one attached hydrogen (secondary N) is 1. The minimum absolute atomic E-state index is 0.100. The fraction of sp³-hybridized carbons (Fsp3) is 0.409. The molecule has 0 aliphatic carbocycles. The van der Waals surface area contributed by atoms with Crippen LogP contribution in [0.1, 0.15) is 29.9 Å². The van der Waals surface area contributed by atoms with E-state index in [1.807, 2.05) is 19.1 Å². The topological polar surface area (TPSA) is 80.8 Å². The van der Waals surface area contributed by atoms with Gasteiger partial charge in [0.25, 0.3) is 5.91 Å². The van der Waals surface area contributed by atoms with Crippen molar-refractivity contribution in [1.29, 1.82) is 0 Å². The van der Waals surface area contributed by atoms with Crippen LogP contribution in [0.3, 0.4) is 0 Å². The SMILES string of the molecule is CCN(CCOC)C(=O)c1ccc(-c2ccc(Cl)c3c2CC(CNC(C)=O)O3)cn1. The van der Waals surface area contributed by atoms with Gasteiger partial charge in [0, 0.05) is 50.9 Å². The summed E-state index contributed by atoms with van der Waals surface area (Å²) in [5, 5.41) is 3.32. The number of rotatable bonds is 8. The van der Waals surface area contributed by atoms with Crippen LogP contribution in [0.5, 0.6) is 5.75 Å². The molecule has 1 aromatic carbocycles. The molecule has 30 heavy (non-hydrogen) atoms. The number of pyridine rings is 1. The van der Waals surface area contributed by atoms with Gasteiger partial charge in [-0.05, 0) is 24.6 Å². The van der Waals surface area contributed by atoms with E-state index in [0.29, 0.717) is 49.1 Å². The van der Waals surface area contributed by atoms with Crippen LogP contribution in [-0.2, 0) is 16.0 Å². The molecule has 0 spiro atoms. The number of fused-ring (bicyclic) bond motifs is 1. The fourth-order valence-electron chi connectivity index (χ4n) is 3.45. The van der Waals surface area contributed by atoms with Crippen LogP contribution >= 0.6 is 11.6 Å². The minimum atomic E-state index is -0.171. The molecule has 2 aromatic rings. The Bertz CT molecular complexity index is 917. The Labute approximate surface area is 181 Å². The maximum absolute atomic E-state index is 12.7. The standard InChI is InChI=1S/C22H26ClN3O4/c1-4-26(9-10-29-3)22(28)20-8-5-15(12-25-20)17-6-7-19(23)21-18(17)11-16(30-21)13-24-14(2)27/h5-8,12,16H,4,9-11,13H2,1-3H3,(H,24,27). The number of hydrogen-bond acceptors (Lipinski definition) is 5. The third kappa shape index (κ3) is 4.91. The third-order valence-corrected chi connectivity index (χ3v) is 5.33. The Morgan fingerprint density at radius 3 is 2.77 bits per heavy atom.